The summed E-state index contributed by atoms with van der Waals surface area (Å²) >= 11 is 1.52. The molecule has 0 aliphatic heterocycles. The lowest BCUT2D eigenvalue weighted by molar-refractivity contribution is -0.121. The van der Waals surface area contributed by atoms with Crippen molar-refractivity contribution < 1.29 is 9.21 Å². The van der Waals surface area contributed by atoms with E-state index in [1.165, 1.54) is 22.2 Å². The second kappa shape index (κ2) is 8.05. The van der Waals surface area contributed by atoms with Crippen LogP contribution in [0.3, 0.4) is 0 Å². The van der Waals surface area contributed by atoms with Gasteiger partial charge in [-0.25, -0.2) is 4.98 Å². The van der Waals surface area contributed by atoms with Crippen LogP contribution in [0.1, 0.15) is 34.2 Å². The highest BCUT2D eigenvalue weighted by atomic mass is 32.1. The van der Waals surface area contributed by atoms with Gasteiger partial charge < -0.3 is 9.73 Å². The van der Waals surface area contributed by atoms with Crippen molar-refractivity contribution in [1.82, 2.24) is 14.9 Å². The largest absolute Gasteiger partial charge is 0.467 e. The summed E-state index contributed by atoms with van der Waals surface area (Å²) in [6.07, 6.45) is 3.27. The van der Waals surface area contributed by atoms with E-state index in [1.54, 1.807) is 12.3 Å². The summed E-state index contributed by atoms with van der Waals surface area (Å²) in [6, 6.07) is 12.9. The van der Waals surface area contributed by atoms with Crippen molar-refractivity contribution in [1.29, 1.82) is 0 Å². The Bertz CT molecular complexity index is 1190. The number of nitrogens with zero attached hydrogens (tertiary/aromatic N) is 2. The average molecular weight is 407 g/mol. The van der Waals surface area contributed by atoms with E-state index in [1.807, 2.05) is 50.2 Å². The van der Waals surface area contributed by atoms with Crippen LogP contribution >= 0.6 is 11.3 Å². The van der Waals surface area contributed by atoms with Crippen LogP contribution < -0.4 is 10.9 Å². The smallest absolute Gasteiger partial charge is 0.262 e. The van der Waals surface area contributed by atoms with Crippen molar-refractivity contribution >= 4 is 27.5 Å². The van der Waals surface area contributed by atoms with E-state index in [2.05, 4.69) is 10.3 Å². The number of carbonyl (C=O) groups is 1. The summed E-state index contributed by atoms with van der Waals surface area (Å²) in [5.74, 6) is 0.495. The number of thiophene rings is 1. The predicted molar refractivity (Wildman–Crippen MR) is 113 cm³/mol. The number of carbonyl (C=O) groups excluding carboxylic acids is 1. The standard InChI is InChI=1S/C22H21N3O3S/c1-14-15(2)29-21-19(14)22(27)25(13-23-21)11-10-18(26)24-20(17-9-6-12-28-17)16-7-4-3-5-8-16/h3-9,12-13,20H,10-11H2,1-2H3,(H,24,26). The first-order valence-corrected chi connectivity index (χ1v) is 10.2. The molecule has 3 aromatic heterocycles. The molecule has 7 heteroatoms. The van der Waals surface area contributed by atoms with Crippen molar-refractivity contribution in [2.75, 3.05) is 0 Å². The van der Waals surface area contributed by atoms with Gasteiger partial charge in [0.2, 0.25) is 5.91 Å². The fraction of sp³-hybridized carbons (Fsp3) is 0.227. The Morgan fingerprint density at radius 2 is 2.00 bits per heavy atom. The van der Waals surface area contributed by atoms with Crippen LogP contribution in [-0.2, 0) is 11.3 Å². The Labute approximate surface area is 171 Å². The van der Waals surface area contributed by atoms with E-state index >= 15 is 0 Å². The first kappa shape index (κ1) is 19.1. The molecular weight excluding hydrogens is 386 g/mol. The van der Waals surface area contributed by atoms with Crippen LogP contribution in [-0.4, -0.2) is 15.5 Å². The Morgan fingerprint density at radius 1 is 1.21 bits per heavy atom. The molecule has 0 bridgehead atoms. The van der Waals surface area contributed by atoms with Crippen LogP contribution in [0.2, 0.25) is 0 Å². The summed E-state index contributed by atoms with van der Waals surface area (Å²) in [6.45, 7) is 4.18. The number of aromatic nitrogens is 2. The lowest BCUT2D eigenvalue weighted by Crippen LogP contribution is -2.31. The molecule has 0 radical (unpaired) electrons. The van der Waals surface area contributed by atoms with E-state index in [-0.39, 0.29) is 30.5 Å². The monoisotopic (exact) mass is 407 g/mol. The molecule has 0 aliphatic rings. The number of furan rings is 1. The van der Waals surface area contributed by atoms with Crippen molar-refractivity contribution in [2.45, 2.75) is 32.9 Å². The third-order valence-electron chi connectivity index (χ3n) is 5.00. The maximum atomic E-state index is 12.8. The Balaban J connectivity index is 1.51. The number of amides is 1. The van der Waals surface area contributed by atoms with E-state index in [9.17, 15) is 9.59 Å². The molecule has 4 rings (SSSR count). The fourth-order valence-corrected chi connectivity index (χ4v) is 4.29. The van der Waals surface area contributed by atoms with Crippen LogP contribution in [0.4, 0.5) is 0 Å². The van der Waals surface area contributed by atoms with Gasteiger partial charge in [-0.1, -0.05) is 30.3 Å². The molecule has 6 nitrogen and oxygen atoms in total. The highest BCUT2D eigenvalue weighted by Crippen LogP contribution is 2.25. The molecule has 0 aliphatic carbocycles. The number of fused-ring (bicyclic) bond motifs is 1. The first-order valence-electron chi connectivity index (χ1n) is 9.37. The van der Waals surface area contributed by atoms with Crippen molar-refractivity contribution in [3.8, 4) is 0 Å². The first-order chi connectivity index (χ1) is 14.0. The Hall–Kier alpha value is -3.19. The molecule has 1 N–H and O–H groups in total. The normalized spacial score (nSPS) is 12.2. The highest BCUT2D eigenvalue weighted by molar-refractivity contribution is 7.18. The molecule has 4 aromatic rings. The van der Waals surface area contributed by atoms with Crippen molar-refractivity contribution in [3.63, 3.8) is 0 Å². The Morgan fingerprint density at radius 3 is 2.72 bits per heavy atom. The fourth-order valence-electron chi connectivity index (χ4n) is 3.30. The predicted octanol–water partition coefficient (Wildman–Crippen LogP) is 3.96. The molecule has 1 amide bonds. The molecule has 0 saturated heterocycles. The van der Waals surface area contributed by atoms with E-state index in [0.717, 1.165) is 20.8 Å². The minimum absolute atomic E-state index is 0.102. The maximum Gasteiger partial charge on any atom is 0.262 e. The molecule has 29 heavy (non-hydrogen) atoms. The molecule has 0 saturated carbocycles. The van der Waals surface area contributed by atoms with Gasteiger partial charge in [0.1, 0.15) is 16.6 Å². The van der Waals surface area contributed by atoms with E-state index in [0.29, 0.717) is 11.1 Å². The molecule has 1 aromatic carbocycles. The summed E-state index contributed by atoms with van der Waals surface area (Å²) in [5.41, 5.74) is 1.79. The van der Waals surface area contributed by atoms with Crippen LogP contribution in [0.25, 0.3) is 10.2 Å². The van der Waals surface area contributed by atoms with Gasteiger partial charge in [-0.05, 0) is 37.1 Å². The van der Waals surface area contributed by atoms with Gasteiger partial charge in [-0.15, -0.1) is 11.3 Å². The number of hydrogen-bond donors (Lipinski definition) is 1. The SMILES string of the molecule is Cc1sc2ncn(CCC(=O)NC(c3ccccc3)c3ccco3)c(=O)c2c1C. The van der Waals surface area contributed by atoms with Crippen LogP contribution in [0, 0.1) is 13.8 Å². The second-order valence-corrected chi connectivity index (χ2v) is 8.09. The van der Waals surface area contributed by atoms with Gasteiger partial charge >= 0.3 is 0 Å². The minimum Gasteiger partial charge on any atom is -0.467 e. The molecule has 1 unspecified atom stereocenters. The Kier molecular flexibility index (Phi) is 5.31. The van der Waals surface area contributed by atoms with Gasteiger partial charge in [0, 0.05) is 17.8 Å². The molecule has 0 fully saturated rings. The number of benzene rings is 1. The van der Waals surface area contributed by atoms with Crippen molar-refractivity contribution in [3.05, 3.63) is 87.2 Å². The number of aryl methyl sites for hydroxylation is 3. The van der Waals surface area contributed by atoms with Crippen LogP contribution in [0.5, 0.6) is 0 Å². The zero-order chi connectivity index (χ0) is 20.4. The lowest BCUT2D eigenvalue weighted by Gasteiger charge is -2.17. The highest BCUT2D eigenvalue weighted by Gasteiger charge is 2.19. The summed E-state index contributed by atoms with van der Waals surface area (Å²) in [7, 11) is 0. The third kappa shape index (κ3) is 3.86. The van der Waals surface area contributed by atoms with Crippen LogP contribution in [0.15, 0.2) is 64.3 Å². The van der Waals surface area contributed by atoms with Crippen molar-refractivity contribution in [2.24, 2.45) is 0 Å². The molecule has 148 valence electrons. The topological polar surface area (TPSA) is 77.1 Å². The zero-order valence-electron chi connectivity index (χ0n) is 16.2. The van der Waals surface area contributed by atoms with Gasteiger partial charge in [0.25, 0.3) is 5.56 Å². The summed E-state index contributed by atoms with van der Waals surface area (Å²) in [4.78, 5) is 31.7. The molecule has 1 atom stereocenters. The van der Waals surface area contributed by atoms with Gasteiger partial charge in [0.15, 0.2) is 0 Å². The second-order valence-electron chi connectivity index (χ2n) is 6.88. The van der Waals surface area contributed by atoms with E-state index in [4.69, 9.17) is 4.42 Å². The average Bonchev–Trinajstić information content (AvgIpc) is 3.35. The lowest BCUT2D eigenvalue weighted by atomic mass is 10.0. The molecular formula is C22H21N3O3S. The quantitative estimate of drug-likeness (QED) is 0.525. The van der Waals surface area contributed by atoms with Gasteiger partial charge in [-0.2, -0.15) is 0 Å². The number of rotatable bonds is 6. The summed E-state index contributed by atoms with van der Waals surface area (Å²) in [5, 5.41) is 3.66. The minimum atomic E-state index is -0.377. The summed E-state index contributed by atoms with van der Waals surface area (Å²) < 4.78 is 7.02. The van der Waals surface area contributed by atoms with Gasteiger partial charge in [-0.3, -0.25) is 14.2 Å². The molecule has 3 heterocycles. The number of hydrogen-bond acceptors (Lipinski definition) is 5. The number of nitrogens with one attached hydrogen (secondary N) is 1. The third-order valence-corrected chi connectivity index (χ3v) is 6.12. The van der Waals surface area contributed by atoms with Gasteiger partial charge in [0.05, 0.1) is 18.0 Å². The van der Waals surface area contributed by atoms with E-state index < -0.39 is 0 Å². The maximum absolute atomic E-state index is 12.8. The zero-order valence-corrected chi connectivity index (χ0v) is 17.0. The molecule has 0 spiro atoms.